The molecule has 0 heterocycles. The molecule has 0 saturated heterocycles. The number of halogens is 1. The quantitative estimate of drug-likeness (QED) is 0.0302. The largest absolute Gasteiger partial charge is 0.371 e. The fourth-order valence-electron chi connectivity index (χ4n) is 6.25. The number of hydrogen-bond donors (Lipinski definition) is 2. The van der Waals surface area contributed by atoms with Gasteiger partial charge in [-0.1, -0.05) is 224 Å². The van der Waals surface area contributed by atoms with Crippen LogP contribution in [-0.4, -0.2) is 16.7 Å². The zero-order chi connectivity index (χ0) is 30.4. The topological polar surface area (TPSA) is 12.0 Å². The molecule has 0 aliphatic rings. The molecule has 0 aromatic rings. The van der Waals surface area contributed by atoms with E-state index in [4.69, 9.17) is 23.8 Å². The lowest BCUT2D eigenvalue weighted by Gasteiger charge is -2.05. The molecule has 0 radical (unpaired) electrons. The zero-order valence-electron chi connectivity index (χ0n) is 28.4. The summed E-state index contributed by atoms with van der Waals surface area (Å²) in [7, 11) is 0. The molecule has 0 rings (SSSR count). The fourth-order valence-corrected chi connectivity index (χ4v) is 6.65. The van der Waals surface area contributed by atoms with E-state index in [9.17, 15) is 0 Å². The molecule has 1 nitrogen and oxygen atoms in total. The highest BCUT2D eigenvalue weighted by Crippen LogP contribution is 2.17. The van der Waals surface area contributed by atoms with Crippen molar-refractivity contribution in [2.45, 2.75) is 225 Å². The summed E-state index contributed by atoms with van der Waals surface area (Å²) in [5, 5.41) is 3.12. The summed E-state index contributed by atoms with van der Waals surface area (Å²) in [6.07, 6.45) is 50.4. The molecule has 0 aliphatic carbocycles. The number of nitrogens with one attached hydrogen (secondary N) is 1. The second-order valence-electron chi connectivity index (χ2n) is 13.3. The molecule has 0 fully saturated rings. The van der Waals surface area contributed by atoms with E-state index in [1.807, 2.05) is 0 Å². The predicted molar refractivity (Wildman–Crippen MR) is 202 cm³/mol. The van der Waals surface area contributed by atoms with Gasteiger partial charge >= 0.3 is 0 Å². The zero-order valence-corrected chi connectivity index (χ0v) is 30.9. The van der Waals surface area contributed by atoms with Crippen LogP contribution in [0.2, 0.25) is 0 Å². The van der Waals surface area contributed by atoms with Crippen LogP contribution >= 0.6 is 36.4 Å². The van der Waals surface area contributed by atoms with Gasteiger partial charge in [0, 0.05) is 12.4 Å². The highest BCUT2D eigenvalue weighted by molar-refractivity contribution is 8.11. The average molecular weight is 647 g/mol. The lowest BCUT2D eigenvalue weighted by Crippen LogP contribution is -2.17. The monoisotopic (exact) mass is 646 g/mol. The summed E-state index contributed by atoms with van der Waals surface area (Å²) in [6.45, 7) is 0.987. The van der Waals surface area contributed by atoms with Crippen LogP contribution in [-0.2, 0) is 0 Å². The molecule has 252 valence electrons. The molecule has 0 spiro atoms. The van der Waals surface area contributed by atoms with Gasteiger partial charge in [-0.3, -0.25) is 0 Å². The van der Waals surface area contributed by atoms with Crippen LogP contribution < -0.4 is 5.32 Å². The van der Waals surface area contributed by atoms with Crippen LogP contribution in [0.1, 0.15) is 225 Å². The van der Waals surface area contributed by atoms with Crippen molar-refractivity contribution in [1.82, 2.24) is 5.32 Å². The van der Waals surface area contributed by atoms with E-state index < -0.39 is 0 Å². The van der Waals surface area contributed by atoms with E-state index in [1.165, 1.54) is 225 Å². The fraction of sp³-hybridized carbons (Fsp3) is 0.974. The van der Waals surface area contributed by atoms with E-state index in [2.05, 4.69) is 17.9 Å². The molecule has 0 aliphatic heterocycles. The van der Waals surface area contributed by atoms with Crippen molar-refractivity contribution in [1.29, 1.82) is 0 Å². The summed E-state index contributed by atoms with van der Waals surface area (Å²) in [6, 6.07) is 0. The van der Waals surface area contributed by atoms with Crippen molar-refractivity contribution in [2.75, 3.05) is 12.4 Å². The second kappa shape index (κ2) is 39.6. The molecular formula is C38H76ClNS2. The predicted octanol–water partition coefficient (Wildman–Crippen LogP) is 14.7. The first-order valence-corrected chi connectivity index (χ1v) is 20.7. The van der Waals surface area contributed by atoms with Crippen LogP contribution in [0, 0.1) is 0 Å². The number of unbranched alkanes of at least 4 members (excludes halogenated alkanes) is 34. The van der Waals surface area contributed by atoms with Crippen LogP contribution in [0.15, 0.2) is 0 Å². The average Bonchev–Trinajstić information content (AvgIpc) is 2.98. The van der Waals surface area contributed by atoms with Gasteiger partial charge in [0.15, 0.2) is 0 Å². The summed E-state index contributed by atoms with van der Waals surface area (Å²) in [4.78, 5) is 0. The minimum atomic E-state index is 0.630. The Kier molecular flexibility index (Phi) is 40.1. The summed E-state index contributed by atoms with van der Waals surface area (Å²) in [5.74, 6) is 0.844. The normalized spacial score (nSPS) is 11.4. The summed E-state index contributed by atoms with van der Waals surface area (Å²) < 4.78 is 0.630. The first kappa shape index (κ1) is 42.5. The van der Waals surface area contributed by atoms with E-state index >= 15 is 0 Å². The maximum absolute atomic E-state index is 5.73. The van der Waals surface area contributed by atoms with Crippen LogP contribution in [0.25, 0.3) is 0 Å². The van der Waals surface area contributed by atoms with Gasteiger partial charge in [0.1, 0.15) is 4.32 Å². The third-order valence-corrected chi connectivity index (χ3v) is 9.66. The van der Waals surface area contributed by atoms with Gasteiger partial charge in [0.05, 0.1) is 0 Å². The van der Waals surface area contributed by atoms with Gasteiger partial charge < -0.3 is 5.32 Å². The van der Waals surface area contributed by atoms with E-state index in [0.29, 0.717) is 4.32 Å². The third-order valence-electron chi connectivity index (χ3n) is 9.09. The molecule has 1 N–H and O–H groups in total. The lowest BCUT2D eigenvalue weighted by molar-refractivity contribution is 0.511. The van der Waals surface area contributed by atoms with Crippen molar-refractivity contribution in [3.8, 4) is 0 Å². The summed E-state index contributed by atoms with van der Waals surface area (Å²) in [5.41, 5.74) is 0. The minimum Gasteiger partial charge on any atom is -0.371 e. The molecule has 0 atom stereocenters. The van der Waals surface area contributed by atoms with Crippen LogP contribution in [0.5, 0.6) is 0 Å². The number of hydrogen-bond acceptors (Lipinski definition) is 1. The van der Waals surface area contributed by atoms with Crippen LogP contribution in [0.4, 0.5) is 0 Å². The van der Waals surface area contributed by atoms with Gasteiger partial charge in [-0.2, -0.15) is 0 Å². The SMILES string of the molecule is S=C(S)NCCCCCCCCCCCCCCCCCCCCCCCCCCCCCCCCCCCCCCl. The molecular weight excluding hydrogens is 570 g/mol. The first-order chi connectivity index (χ1) is 20.8. The Balaban J connectivity index is 3.03. The van der Waals surface area contributed by atoms with Crippen molar-refractivity contribution in [3.63, 3.8) is 0 Å². The maximum atomic E-state index is 5.73. The standard InChI is InChI=1S/C38H76ClNS2/c39-36-34-32-30-28-26-24-22-20-18-16-14-12-10-8-6-4-2-1-3-5-7-9-11-13-15-17-19-21-23-25-27-29-31-33-35-37-40-38(41)42/h1-37H2,(H2,40,41,42). The molecule has 0 saturated carbocycles. The van der Waals surface area contributed by atoms with Gasteiger partial charge in [-0.25, -0.2) is 0 Å². The smallest absolute Gasteiger partial charge is 0.130 e. The first-order valence-electron chi connectivity index (χ1n) is 19.3. The summed E-state index contributed by atoms with van der Waals surface area (Å²) >= 11 is 14.7. The Bertz CT molecular complexity index is 501. The van der Waals surface area contributed by atoms with Gasteiger partial charge in [0.2, 0.25) is 0 Å². The Morgan fingerprint density at radius 2 is 0.500 bits per heavy atom. The Hall–Kier alpha value is 0.530. The van der Waals surface area contributed by atoms with E-state index in [1.54, 1.807) is 0 Å². The van der Waals surface area contributed by atoms with Crippen molar-refractivity contribution >= 4 is 40.8 Å². The Morgan fingerprint density at radius 1 is 0.333 bits per heavy atom. The van der Waals surface area contributed by atoms with Crippen LogP contribution in [0.3, 0.4) is 0 Å². The number of alkyl halides is 1. The number of thiol groups is 1. The minimum absolute atomic E-state index is 0.630. The molecule has 42 heavy (non-hydrogen) atoms. The van der Waals surface area contributed by atoms with Gasteiger partial charge in [0.25, 0.3) is 0 Å². The highest BCUT2D eigenvalue weighted by Gasteiger charge is 1.98. The lowest BCUT2D eigenvalue weighted by atomic mass is 10.0. The molecule has 0 amide bonds. The molecule has 0 aromatic carbocycles. The molecule has 0 unspecified atom stereocenters. The van der Waals surface area contributed by atoms with Crippen molar-refractivity contribution in [3.05, 3.63) is 0 Å². The van der Waals surface area contributed by atoms with E-state index in [0.717, 1.165) is 12.4 Å². The molecule has 0 bridgehead atoms. The van der Waals surface area contributed by atoms with Gasteiger partial charge in [-0.15, -0.1) is 24.2 Å². The second-order valence-corrected chi connectivity index (χ2v) is 14.8. The Morgan fingerprint density at radius 3 is 0.667 bits per heavy atom. The third kappa shape index (κ3) is 40.5. The number of rotatable bonds is 37. The van der Waals surface area contributed by atoms with Crippen molar-refractivity contribution in [2.24, 2.45) is 0 Å². The van der Waals surface area contributed by atoms with E-state index in [-0.39, 0.29) is 0 Å². The molecule has 0 aromatic heterocycles. The maximum Gasteiger partial charge on any atom is 0.130 e. The van der Waals surface area contributed by atoms with Gasteiger partial charge in [-0.05, 0) is 12.8 Å². The number of thiocarbonyl (C=S) groups is 1. The van der Waals surface area contributed by atoms with Crippen molar-refractivity contribution < 1.29 is 0 Å². The molecule has 4 heteroatoms. The Labute approximate surface area is 282 Å². The highest BCUT2D eigenvalue weighted by atomic mass is 35.5.